The van der Waals surface area contributed by atoms with Crippen molar-refractivity contribution in [2.24, 2.45) is 0 Å². The summed E-state index contributed by atoms with van der Waals surface area (Å²) in [4.78, 5) is 23.4. The number of halogens is 2. The van der Waals surface area contributed by atoms with Crippen LogP contribution in [0.4, 0.5) is 20.3 Å². The van der Waals surface area contributed by atoms with E-state index in [1.165, 1.54) is 12.1 Å². The van der Waals surface area contributed by atoms with Crippen LogP contribution in [-0.2, 0) is 17.8 Å². The van der Waals surface area contributed by atoms with Gasteiger partial charge in [0.1, 0.15) is 11.6 Å². The van der Waals surface area contributed by atoms with Crippen LogP contribution in [0.25, 0.3) is 10.6 Å². The third-order valence-corrected chi connectivity index (χ3v) is 6.07. The quantitative estimate of drug-likeness (QED) is 0.327. The van der Waals surface area contributed by atoms with E-state index < -0.39 is 11.6 Å². The van der Waals surface area contributed by atoms with Crippen molar-refractivity contribution in [3.8, 4) is 10.6 Å². The average molecular weight is 465 g/mol. The van der Waals surface area contributed by atoms with Crippen molar-refractivity contribution in [1.29, 1.82) is 0 Å². The van der Waals surface area contributed by atoms with E-state index >= 15 is 0 Å². The molecule has 3 heterocycles. The summed E-state index contributed by atoms with van der Waals surface area (Å²) in [5.74, 6) is -0.698. The largest absolute Gasteiger partial charge is 0.368 e. The van der Waals surface area contributed by atoms with Crippen molar-refractivity contribution in [2.75, 3.05) is 16.8 Å². The average Bonchev–Trinajstić information content (AvgIpc) is 3.24. The smallest absolute Gasteiger partial charge is 0.214 e. The molecule has 0 bridgehead atoms. The van der Waals surface area contributed by atoms with Gasteiger partial charge in [-0.25, -0.2) is 13.8 Å². The summed E-state index contributed by atoms with van der Waals surface area (Å²) in [6, 6.07) is 13.0. The third kappa shape index (κ3) is 5.78. The number of anilines is 2. The van der Waals surface area contributed by atoms with Crippen molar-refractivity contribution < 1.29 is 13.6 Å². The van der Waals surface area contributed by atoms with Crippen molar-refractivity contribution in [2.45, 2.75) is 19.9 Å². The van der Waals surface area contributed by atoms with Gasteiger partial charge >= 0.3 is 0 Å². The minimum absolute atomic E-state index is 0.334. The molecule has 0 unspecified atom stereocenters. The van der Waals surface area contributed by atoms with Gasteiger partial charge in [-0.05, 0) is 71.8 Å². The summed E-state index contributed by atoms with van der Waals surface area (Å²) in [5.41, 5.74) is 3.95. The molecule has 8 heteroatoms. The van der Waals surface area contributed by atoms with Crippen molar-refractivity contribution >= 4 is 29.3 Å². The molecule has 0 atom stereocenters. The normalized spacial score (nSPS) is 10.8. The molecule has 0 spiro atoms. The summed E-state index contributed by atoms with van der Waals surface area (Å²) in [5, 5.41) is 5.30. The lowest BCUT2D eigenvalue weighted by atomic mass is 10.1. The number of amides is 1. The monoisotopic (exact) mass is 464 g/mol. The van der Waals surface area contributed by atoms with Gasteiger partial charge in [0.05, 0.1) is 22.8 Å². The van der Waals surface area contributed by atoms with Crippen LogP contribution in [0.5, 0.6) is 0 Å². The zero-order valence-corrected chi connectivity index (χ0v) is 18.8. The van der Waals surface area contributed by atoms with Crippen LogP contribution >= 0.6 is 11.3 Å². The zero-order chi connectivity index (χ0) is 23.2. The SMILES string of the molecule is Cc1csc(-c2ccc(N(C=O)Cc3cccnc3)c(NCCc3cc(F)cc(F)c3)n2)c1. The molecule has 4 rings (SSSR count). The molecular formula is C25H22F2N4OS. The Hall–Kier alpha value is -3.65. The number of rotatable bonds is 9. The maximum absolute atomic E-state index is 13.5. The van der Waals surface area contributed by atoms with Crippen molar-refractivity contribution in [3.63, 3.8) is 0 Å². The number of carbonyl (C=O) groups excluding carboxylic acids is 1. The lowest BCUT2D eigenvalue weighted by molar-refractivity contribution is -0.107. The molecule has 1 aromatic carbocycles. The lowest BCUT2D eigenvalue weighted by Crippen LogP contribution is -2.23. The van der Waals surface area contributed by atoms with Crippen LogP contribution in [0, 0.1) is 18.6 Å². The first kappa shape index (κ1) is 22.5. The number of pyridine rings is 2. The van der Waals surface area contributed by atoms with E-state index in [9.17, 15) is 13.6 Å². The second kappa shape index (κ2) is 10.3. The maximum atomic E-state index is 13.5. The lowest BCUT2D eigenvalue weighted by Gasteiger charge is -2.21. The molecule has 168 valence electrons. The highest BCUT2D eigenvalue weighted by molar-refractivity contribution is 7.13. The molecule has 1 N–H and O–H groups in total. The fraction of sp³-hybridized carbons (Fsp3) is 0.160. The fourth-order valence-electron chi connectivity index (χ4n) is 3.46. The predicted octanol–water partition coefficient (Wildman–Crippen LogP) is 5.61. The Morgan fingerprint density at radius 2 is 1.91 bits per heavy atom. The summed E-state index contributed by atoms with van der Waals surface area (Å²) in [6.45, 7) is 2.74. The molecule has 4 aromatic rings. The maximum Gasteiger partial charge on any atom is 0.214 e. The number of carbonyl (C=O) groups is 1. The van der Waals surface area contributed by atoms with Gasteiger partial charge in [0.25, 0.3) is 0 Å². The van der Waals surface area contributed by atoms with Gasteiger partial charge in [-0.2, -0.15) is 0 Å². The van der Waals surface area contributed by atoms with E-state index in [1.54, 1.807) is 28.6 Å². The Morgan fingerprint density at radius 1 is 1.09 bits per heavy atom. The second-order valence-corrected chi connectivity index (χ2v) is 8.51. The number of benzene rings is 1. The standard InChI is InChI=1S/C25H22F2N4OS/c1-17-9-24(33-15-17)22-4-5-23(31(16-32)14-19-3-2-7-28-13-19)25(30-22)29-8-6-18-10-20(26)12-21(27)11-18/h2-5,7,9-13,15-16H,6,8,14H2,1H3,(H,29,30). The van der Waals surface area contributed by atoms with E-state index in [1.807, 2.05) is 31.2 Å². The van der Waals surface area contributed by atoms with Gasteiger partial charge in [0.2, 0.25) is 6.41 Å². The van der Waals surface area contributed by atoms with Crippen LogP contribution in [0.2, 0.25) is 0 Å². The molecule has 33 heavy (non-hydrogen) atoms. The van der Waals surface area contributed by atoms with E-state index in [2.05, 4.69) is 21.7 Å². The van der Waals surface area contributed by atoms with Gasteiger partial charge in [0, 0.05) is 25.0 Å². The van der Waals surface area contributed by atoms with Crippen molar-refractivity contribution in [1.82, 2.24) is 9.97 Å². The first-order chi connectivity index (χ1) is 16.0. The van der Waals surface area contributed by atoms with Gasteiger partial charge in [-0.15, -0.1) is 11.3 Å². The number of nitrogens with zero attached hydrogens (tertiary/aromatic N) is 3. The molecule has 0 aliphatic heterocycles. The minimum atomic E-state index is -0.609. The first-order valence-electron chi connectivity index (χ1n) is 10.4. The number of aromatic nitrogens is 2. The number of aryl methyl sites for hydroxylation is 1. The van der Waals surface area contributed by atoms with Crippen LogP contribution in [0.1, 0.15) is 16.7 Å². The Kier molecular flexibility index (Phi) is 7.04. The van der Waals surface area contributed by atoms with E-state index in [0.717, 1.165) is 34.2 Å². The van der Waals surface area contributed by atoms with Gasteiger partial charge in [-0.3, -0.25) is 9.78 Å². The summed E-state index contributed by atoms with van der Waals surface area (Å²) < 4.78 is 27.0. The molecule has 0 saturated heterocycles. The zero-order valence-electron chi connectivity index (χ0n) is 18.0. The number of hydrogen-bond donors (Lipinski definition) is 1. The van der Waals surface area contributed by atoms with Gasteiger partial charge < -0.3 is 10.2 Å². The summed E-state index contributed by atoms with van der Waals surface area (Å²) in [7, 11) is 0. The third-order valence-electron chi connectivity index (χ3n) is 5.00. The molecule has 5 nitrogen and oxygen atoms in total. The highest BCUT2D eigenvalue weighted by atomic mass is 32.1. The van der Waals surface area contributed by atoms with Crippen molar-refractivity contribution in [3.05, 3.63) is 94.6 Å². The van der Waals surface area contributed by atoms with E-state index in [4.69, 9.17) is 4.98 Å². The molecule has 3 aromatic heterocycles. The minimum Gasteiger partial charge on any atom is -0.368 e. The highest BCUT2D eigenvalue weighted by Crippen LogP contribution is 2.31. The Morgan fingerprint density at radius 3 is 2.58 bits per heavy atom. The molecule has 0 saturated carbocycles. The predicted molar refractivity (Wildman–Crippen MR) is 127 cm³/mol. The molecular weight excluding hydrogens is 442 g/mol. The number of nitrogens with one attached hydrogen (secondary N) is 1. The summed E-state index contributed by atoms with van der Waals surface area (Å²) >= 11 is 1.59. The fourth-order valence-corrected chi connectivity index (χ4v) is 4.33. The molecule has 0 aliphatic carbocycles. The molecule has 1 amide bonds. The molecule has 0 fully saturated rings. The second-order valence-electron chi connectivity index (χ2n) is 7.60. The Balaban J connectivity index is 1.61. The van der Waals surface area contributed by atoms with Crippen LogP contribution in [0.3, 0.4) is 0 Å². The van der Waals surface area contributed by atoms with Crippen LogP contribution < -0.4 is 10.2 Å². The molecule has 0 aliphatic rings. The number of thiophene rings is 1. The number of hydrogen-bond acceptors (Lipinski definition) is 5. The summed E-state index contributed by atoms with van der Waals surface area (Å²) in [6.07, 6.45) is 4.53. The van der Waals surface area contributed by atoms with Gasteiger partial charge in [-0.1, -0.05) is 6.07 Å². The Bertz CT molecular complexity index is 1230. The Labute approximate surface area is 194 Å². The molecule has 0 radical (unpaired) electrons. The first-order valence-corrected chi connectivity index (χ1v) is 11.3. The van der Waals surface area contributed by atoms with E-state index in [-0.39, 0.29) is 0 Å². The van der Waals surface area contributed by atoms with E-state index in [0.29, 0.717) is 36.6 Å². The van der Waals surface area contributed by atoms with Gasteiger partial charge in [0.15, 0.2) is 5.82 Å². The van der Waals surface area contributed by atoms with Crippen LogP contribution in [-0.4, -0.2) is 22.9 Å². The highest BCUT2D eigenvalue weighted by Gasteiger charge is 2.15. The topological polar surface area (TPSA) is 58.1 Å². The van der Waals surface area contributed by atoms with Crippen LogP contribution in [0.15, 0.2) is 66.3 Å².